The molecule has 92 valence electrons. The molecule has 1 aromatic rings. The maximum absolute atomic E-state index is 6.00. The fourth-order valence-electron chi connectivity index (χ4n) is 2.09. The van der Waals surface area contributed by atoms with Gasteiger partial charge in [0.05, 0.1) is 5.01 Å². The van der Waals surface area contributed by atoms with Gasteiger partial charge in [0, 0.05) is 36.8 Å². The first-order valence-corrected chi connectivity index (χ1v) is 6.36. The Kier molecular flexibility index (Phi) is 5.18. The summed E-state index contributed by atoms with van der Waals surface area (Å²) in [6.45, 7) is 7.60. The summed E-state index contributed by atoms with van der Waals surface area (Å²) in [5.74, 6) is 0.618. The van der Waals surface area contributed by atoms with Gasteiger partial charge in [0.15, 0.2) is 0 Å². The van der Waals surface area contributed by atoms with Gasteiger partial charge in [0.1, 0.15) is 0 Å². The molecule has 1 aromatic heterocycles. The SMILES string of the molecule is Cc1ncc(CN2CCC(N)C(C)C2)s1.Cl. The van der Waals surface area contributed by atoms with Crippen molar-refractivity contribution in [3.05, 3.63) is 16.1 Å². The third-order valence-corrected chi connectivity index (χ3v) is 4.00. The average molecular weight is 262 g/mol. The number of hydrogen-bond donors (Lipinski definition) is 1. The molecule has 0 radical (unpaired) electrons. The van der Waals surface area contributed by atoms with Crippen LogP contribution >= 0.6 is 23.7 Å². The lowest BCUT2D eigenvalue weighted by molar-refractivity contribution is 0.159. The molecule has 5 heteroatoms. The van der Waals surface area contributed by atoms with Crippen LogP contribution in [0.2, 0.25) is 0 Å². The van der Waals surface area contributed by atoms with Crippen LogP contribution in [0.1, 0.15) is 23.2 Å². The van der Waals surface area contributed by atoms with Gasteiger partial charge in [-0.05, 0) is 19.3 Å². The number of thiazole rings is 1. The lowest BCUT2D eigenvalue weighted by atomic mass is 9.95. The van der Waals surface area contributed by atoms with Gasteiger partial charge in [0.25, 0.3) is 0 Å². The Hall–Kier alpha value is -0.160. The summed E-state index contributed by atoms with van der Waals surface area (Å²) in [6.07, 6.45) is 3.12. The van der Waals surface area contributed by atoms with E-state index >= 15 is 0 Å². The summed E-state index contributed by atoms with van der Waals surface area (Å²) in [5.41, 5.74) is 6.00. The maximum Gasteiger partial charge on any atom is 0.0897 e. The molecule has 2 rings (SSSR count). The van der Waals surface area contributed by atoms with Crippen LogP contribution in [-0.2, 0) is 6.54 Å². The van der Waals surface area contributed by atoms with Crippen LogP contribution in [0.25, 0.3) is 0 Å². The molecule has 0 aliphatic carbocycles. The molecule has 2 atom stereocenters. The van der Waals surface area contributed by atoms with E-state index in [0.29, 0.717) is 12.0 Å². The number of halogens is 1. The summed E-state index contributed by atoms with van der Waals surface area (Å²) >= 11 is 1.80. The lowest BCUT2D eigenvalue weighted by Gasteiger charge is -2.34. The van der Waals surface area contributed by atoms with Gasteiger partial charge in [-0.3, -0.25) is 4.90 Å². The normalized spacial score (nSPS) is 26.4. The van der Waals surface area contributed by atoms with E-state index in [0.717, 1.165) is 31.1 Å². The average Bonchev–Trinajstić information content (AvgIpc) is 2.58. The smallest absolute Gasteiger partial charge is 0.0897 e. The monoisotopic (exact) mass is 261 g/mol. The number of rotatable bonds is 2. The Balaban J connectivity index is 0.00000128. The third kappa shape index (κ3) is 3.42. The van der Waals surface area contributed by atoms with E-state index < -0.39 is 0 Å². The zero-order valence-electron chi connectivity index (χ0n) is 9.85. The zero-order valence-corrected chi connectivity index (χ0v) is 11.5. The number of nitrogens with two attached hydrogens (primary N) is 1. The van der Waals surface area contributed by atoms with E-state index in [2.05, 4.69) is 23.7 Å². The molecule has 2 N–H and O–H groups in total. The minimum atomic E-state index is 0. The third-order valence-electron chi connectivity index (χ3n) is 3.10. The Labute approximate surface area is 107 Å². The van der Waals surface area contributed by atoms with E-state index in [1.807, 2.05) is 6.20 Å². The number of nitrogens with zero attached hydrogens (tertiary/aromatic N) is 2. The van der Waals surface area contributed by atoms with Gasteiger partial charge < -0.3 is 5.73 Å². The topological polar surface area (TPSA) is 42.2 Å². The van der Waals surface area contributed by atoms with Gasteiger partial charge in [0.2, 0.25) is 0 Å². The van der Waals surface area contributed by atoms with Crippen LogP contribution in [0.15, 0.2) is 6.20 Å². The van der Waals surface area contributed by atoms with Crippen LogP contribution in [0, 0.1) is 12.8 Å². The Bertz CT molecular complexity index is 329. The molecule has 1 saturated heterocycles. The Morgan fingerprint density at radius 1 is 1.62 bits per heavy atom. The fourth-order valence-corrected chi connectivity index (χ4v) is 2.93. The summed E-state index contributed by atoms with van der Waals surface area (Å²) in [7, 11) is 0. The molecule has 1 fully saturated rings. The van der Waals surface area contributed by atoms with Gasteiger partial charge in [-0.15, -0.1) is 23.7 Å². The molecule has 2 unspecified atom stereocenters. The standard InChI is InChI=1S/C11H19N3S.ClH/c1-8-6-14(4-3-11(8)12)7-10-5-13-9(2)15-10;/h5,8,11H,3-4,6-7,12H2,1-2H3;1H. The molecular weight excluding hydrogens is 242 g/mol. The van der Waals surface area contributed by atoms with Crippen LogP contribution in [0.5, 0.6) is 0 Å². The highest BCUT2D eigenvalue weighted by molar-refractivity contribution is 7.11. The highest BCUT2D eigenvalue weighted by atomic mass is 35.5. The molecule has 1 aliphatic rings. The summed E-state index contributed by atoms with van der Waals surface area (Å²) in [4.78, 5) is 8.14. The second kappa shape index (κ2) is 5.96. The summed E-state index contributed by atoms with van der Waals surface area (Å²) < 4.78 is 0. The van der Waals surface area contributed by atoms with Crippen molar-refractivity contribution >= 4 is 23.7 Å². The molecule has 2 heterocycles. The van der Waals surface area contributed by atoms with Crippen molar-refractivity contribution in [2.45, 2.75) is 32.9 Å². The lowest BCUT2D eigenvalue weighted by Crippen LogP contribution is -2.45. The van der Waals surface area contributed by atoms with E-state index in [9.17, 15) is 0 Å². The Morgan fingerprint density at radius 2 is 2.38 bits per heavy atom. The second-order valence-electron chi connectivity index (χ2n) is 4.51. The highest BCUT2D eigenvalue weighted by Gasteiger charge is 2.23. The van der Waals surface area contributed by atoms with Crippen LogP contribution < -0.4 is 5.73 Å². The van der Waals surface area contributed by atoms with Crippen molar-refractivity contribution in [1.29, 1.82) is 0 Å². The first-order valence-electron chi connectivity index (χ1n) is 5.54. The fraction of sp³-hybridized carbons (Fsp3) is 0.727. The quantitative estimate of drug-likeness (QED) is 0.886. The first kappa shape index (κ1) is 13.9. The highest BCUT2D eigenvalue weighted by Crippen LogP contribution is 2.19. The molecular formula is C11H20ClN3S. The van der Waals surface area contributed by atoms with E-state index in [-0.39, 0.29) is 12.4 Å². The van der Waals surface area contributed by atoms with Crippen molar-refractivity contribution in [2.24, 2.45) is 11.7 Å². The van der Waals surface area contributed by atoms with Crippen molar-refractivity contribution in [1.82, 2.24) is 9.88 Å². The van der Waals surface area contributed by atoms with Crippen LogP contribution in [0.4, 0.5) is 0 Å². The van der Waals surface area contributed by atoms with Gasteiger partial charge >= 0.3 is 0 Å². The number of aryl methyl sites for hydroxylation is 1. The number of likely N-dealkylation sites (tertiary alicyclic amines) is 1. The molecule has 0 aromatic carbocycles. The largest absolute Gasteiger partial charge is 0.327 e. The molecule has 0 amide bonds. The molecule has 0 saturated carbocycles. The molecule has 16 heavy (non-hydrogen) atoms. The predicted octanol–water partition coefficient (Wildman–Crippen LogP) is 2.04. The number of piperidine rings is 1. The van der Waals surface area contributed by atoms with Gasteiger partial charge in [-0.25, -0.2) is 4.98 Å². The molecule has 1 aliphatic heterocycles. The zero-order chi connectivity index (χ0) is 10.8. The van der Waals surface area contributed by atoms with Crippen LogP contribution in [0.3, 0.4) is 0 Å². The summed E-state index contributed by atoms with van der Waals surface area (Å²) in [6, 6.07) is 0.393. The van der Waals surface area contributed by atoms with Crippen molar-refractivity contribution in [3.63, 3.8) is 0 Å². The maximum atomic E-state index is 6.00. The minimum Gasteiger partial charge on any atom is -0.327 e. The second-order valence-corrected chi connectivity index (χ2v) is 5.83. The van der Waals surface area contributed by atoms with Crippen molar-refractivity contribution in [3.8, 4) is 0 Å². The first-order chi connectivity index (χ1) is 7.15. The van der Waals surface area contributed by atoms with Crippen molar-refractivity contribution in [2.75, 3.05) is 13.1 Å². The molecule has 0 bridgehead atoms. The van der Waals surface area contributed by atoms with E-state index in [4.69, 9.17) is 5.73 Å². The number of hydrogen-bond acceptors (Lipinski definition) is 4. The van der Waals surface area contributed by atoms with Crippen molar-refractivity contribution < 1.29 is 0 Å². The van der Waals surface area contributed by atoms with Crippen LogP contribution in [-0.4, -0.2) is 29.0 Å². The Morgan fingerprint density at radius 3 is 2.94 bits per heavy atom. The number of aromatic nitrogens is 1. The molecule has 0 spiro atoms. The van der Waals surface area contributed by atoms with Gasteiger partial charge in [-0.1, -0.05) is 6.92 Å². The summed E-state index contributed by atoms with van der Waals surface area (Å²) in [5, 5.41) is 1.16. The molecule has 3 nitrogen and oxygen atoms in total. The van der Waals surface area contributed by atoms with E-state index in [1.54, 1.807) is 11.3 Å². The van der Waals surface area contributed by atoms with Gasteiger partial charge in [-0.2, -0.15) is 0 Å². The minimum absolute atomic E-state index is 0. The van der Waals surface area contributed by atoms with E-state index in [1.165, 1.54) is 4.88 Å². The predicted molar refractivity (Wildman–Crippen MR) is 71.1 cm³/mol.